The van der Waals surface area contributed by atoms with Crippen LogP contribution in [0.1, 0.15) is 47.6 Å². The summed E-state index contributed by atoms with van der Waals surface area (Å²) in [6, 6.07) is -0.246. The molecule has 1 unspecified atom stereocenters. The molecule has 1 amide bonds. The number of carbonyl (C=O) groups is 2. The van der Waals surface area contributed by atoms with Crippen molar-refractivity contribution in [3.05, 3.63) is 17.0 Å². The highest BCUT2D eigenvalue weighted by molar-refractivity contribution is 5.89. The Kier molecular flexibility index (Phi) is 3.84. The number of esters is 1. The van der Waals surface area contributed by atoms with Crippen molar-refractivity contribution in [1.82, 2.24) is 9.78 Å². The van der Waals surface area contributed by atoms with Crippen molar-refractivity contribution in [3.63, 3.8) is 0 Å². The summed E-state index contributed by atoms with van der Waals surface area (Å²) in [7, 11) is 0. The van der Waals surface area contributed by atoms with Gasteiger partial charge in [0.1, 0.15) is 6.54 Å². The molecule has 0 saturated heterocycles. The molecule has 1 heterocycles. The van der Waals surface area contributed by atoms with Crippen molar-refractivity contribution < 1.29 is 14.3 Å². The molecule has 1 aromatic rings. The first-order valence-electron chi connectivity index (χ1n) is 6.35. The van der Waals surface area contributed by atoms with E-state index in [0.29, 0.717) is 5.56 Å². The van der Waals surface area contributed by atoms with Crippen molar-refractivity contribution in [3.8, 4) is 0 Å². The Balaban J connectivity index is 2.45. The maximum atomic E-state index is 11.9. The fraction of sp³-hybridized carbons (Fsp3) is 0.583. The SMILES string of the molecule is CCOC(=O)c1nn(CC(N)=O)c2c1C(N)CCC2. The van der Waals surface area contributed by atoms with Gasteiger partial charge >= 0.3 is 5.97 Å². The van der Waals surface area contributed by atoms with Gasteiger partial charge in [-0.2, -0.15) is 5.10 Å². The molecule has 1 atom stereocenters. The molecule has 1 aromatic heterocycles. The molecule has 0 radical (unpaired) electrons. The number of aromatic nitrogens is 2. The molecule has 1 aliphatic rings. The molecule has 7 nitrogen and oxygen atoms in total. The Labute approximate surface area is 110 Å². The quantitative estimate of drug-likeness (QED) is 0.738. The van der Waals surface area contributed by atoms with Crippen LogP contribution in [-0.2, 0) is 22.5 Å². The first kappa shape index (κ1) is 13.5. The molecule has 0 saturated carbocycles. The highest BCUT2D eigenvalue weighted by Crippen LogP contribution is 2.31. The van der Waals surface area contributed by atoms with Gasteiger partial charge < -0.3 is 16.2 Å². The van der Waals surface area contributed by atoms with E-state index < -0.39 is 11.9 Å². The minimum absolute atomic E-state index is 0.0472. The molecule has 2 rings (SSSR count). The number of hydrogen-bond acceptors (Lipinski definition) is 5. The second kappa shape index (κ2) is 5.40. The summed E-state index contributed by atoms with van der Waals surface area (Å²) >= 11 is 0. The Morgan fingerprint density at radius 2 is 2.26 bits per heavy atom. The van der Waals surface area contributed by atoms with Gasteiger partial charge in [-0.05, 0) is 26.2 Å². The van der Waals surface area contributed by atoms with Crippen LogP contribution in [-0.4, -0.2) is 28.3 Å². The van der Waals surface area contributed by atoms with Crippen molar-refractivity contribution in [2.45, 2.75) is 38.8 Å². The summed E-state index contributed by atoms with van der Waals surface area (Å²) in [6.07, 6.45) is 2.44. The number of hydrogen-bond donors (Lipinski definition) is 2. The summed E-state index contributed by atoms with van der Waals surface area (Å²) in [4.78, 5) is 22.9. The standard InChI is InChI=1S/C12H18N4O3/c1-2-19-12(18)11-10-7(13)4-3-5-8(10)16(15-11)6-9(14)17/h7H,2-6,13H2,1H3,(H2,14,17). The van der Waals surface area contributed by atoms with Gasteiger partial charge in [-0.1, -0.05) is 0 Å². The van der Waals surface area contributed by atoms with E-state index in [4.69, 9.17) is 16.2 Å². The fourth-order valence-electron chi connectivity index (χ4n) is 2.43. The average molecular weight is 266 g/mol. The zero-order valence-corrected chi connectivity index (χ0v) is 10.9. The second-order valence-electron chi connectivity index (χ2n) is 4.55. The monoisotopic (exact) mass is 266 g/mol. The summed E-state index contributed by atoms with van der Waals surface area (Å²) in [5.41, 5.74) is 13.0. The zero-order chi connectivity index (χ0) is 14.0. The number of fused-ring (bicyclic) bond motifs is 1. The van der Waals surface area contributed by atoms with Gasteiger partial charge in [-0.25, -0.2) is 4.79 Å². The van der Waals surface area contributed by atoms with Crippen molar-refractivity contribution in [2.75, 3.05) is 6.61 Å². The maximum absolute atomic E-state index is 11.9. The summed E-state index contributed by atoms with van der Waals surface area (Å²) in [5, 5.41) is 4.16. The molecule has 0 fully saturated rings. The van der Waals surface area contributed by atoms with Gasteiger partial charge in [0, 0.05) is 17.3 Å². The molecule has 4 N–H and O–H groups in total. The third-order valence-electron chi connectivity index (χ3n) is 3.17. The molecular weight excluding hydrogens is 248 g/mol. The predicted molar refractivity (Wildman–Crippen MR) is 67.2 cm³/mol. The maximum Gasteiger partial charge on any atom is 0.359 e. The van der Waals surface area contributed by atoms with Gasteiger partial charge in [0.2, 0.25) is 5.91 Å². The Morgan fingerprint density at radius 3 is 2.89 bits per heavy atom. The fourth-order valence-corrected chi connectivity index (χ4v) is 2.43. The van der Waals surface area contributed by atoms with Crippen LogP contribution in [0.3, 0.4) is 0 Å². The summed E-state index contributed by atoms with van der Waals surface area (Å²) in [6.45, 7) is 1.95. The van der Waals surface area contributed by atoms with Crippen LogP contribution >= 0.6 is 0 Å². The van der Waals surface area contributed by atoms with Gasteiger partial charge in [0.15, 0.2) is 5.69 Å². The second-order valence-corrected chi connectivity index (χ2v) is 4.55. The van der Waals surface area contributed by atoms with Gasteiger partial charge in [-0.15, -0.1) is 0 Å². The predicted octanol–water partition coefficient (Wildman–Crippen LogP) is -0.119. The summed E-state index contributed by atoms with van der Waals surface area (Å²) < 4.78 is 6.45. The lowest BCUT2D eigenvalue weighted by Crippen LogP contribution is -2.23. The topological polar surface area (TPSA) is 113 Å². The number of nitrogens with zero attached hydrogens (tertiary/aromatic N) is 2. The first-order chi connectivity index (χ1) is 9.04. The van der Waals surface area contributed by atoms with E-state index in [2.05, 4.69) is 5.10 Å². The van der Waals surface area contributed by atoms with Crippen LogP contribution in [0, 0.1) is 0 Å². The minimum Gasteiger partial charge on any atom is -0.461 e. The minimum atomic E-state index is -0.501. The van der Waals surface area contributed by atoms with Crippen molar-refractivity contribution in [2.24, 2.45) is 11.5 Å². The third-order valence-corrected chi connectivity index (χ3v) is 3.17. The lowest BCUT2D eigenvalue weighted by atomic mass is 9.91. The lowest BCUT2D eigenvalue weighted by molar-refractivity contribution is -0.118. The van der Waals surface area contributed by atoms with Crippen LogP contribution < -0.4 is 11.5 Å². The third kappa shape index (κ3) is 2.60. The van der Waals surface area contributed by atoms with Crippen molar-refractivity contribution >= 4 is 11.9 Å². The largest absolute Gasteiger partial charge is 0.461 e. The molecule has 104 valence electrons. The number of nitrogens with two attached hydrogens (primary N) is 2. The van der Waals surface area contributed by atoms with E-state index in [1.807, 2.05) is 0 Å². The van der Waals surface area contributed by atoms with E-state index in [-0.39, 0.29) is 24.9 Å². The molecule has 0 aliphatic heterocycles. The van der Waals surface area contributed by atoms with E-state index in [1.165, 1.54) is 4.68 Å². The van der Waals surface area contributed by atoms with Crippen LogP contribution in [0.4, 0.5) is 0 Å². The number of primary amides is 1. The smallest absolute Gasteiger partial charge is 0.359 e. The molecule has 7 heteroatoms. The summed E-state index contributed by atoms with van der Waals surface area (Å²) in [5.74, 6) is -1.00. The van der Waals surface area contributed by atoms with Gasteiger partial charge in [0.05, 0.1) is 6.61 Å². The molecule has 0 spiro atoms. The normalized spacial score (nSPS) is 17.9. The van der Waals surface area contributed by atoms with Crippen LogP contribution in [0.15, 0.2) is 0 Å². The number of amides is 1. The Hall–Kier alpha value is -1.89. The zero-order valence-electron chi connectivity index (χ0n) is 10.9. The number of ether oxygens (including phenoxy) is 1. The van der Waals surface area contributed by atoms with Crippen LogP contribution in [0.25, 0.3) is 0 Å². The van der Waals surface area contributed by atoms with E-state index >= 15 is 0 Å². The average Bonchev–Trinajstić information content (AvgIpc) is 2.69. The number of carbonyl (C=O) groups excluding carboxylic acids is 2. The van der Waals surface area contributed by atoms with E-state index in [9.17, 15) is 9.59 Å². The van der Waals surface area contributed by atoms with Crippen LogP contribution in [0.5, 0.6) is 0 Å². The molecule has 0 bridgehead atoms. The highest BCUT2D eigenvalue weighted by Gasteiger charge is 2.30. The van der Waals surface area contributed by atoms with E-state index in [1.54, 1.807) is 6.92 Å². The lowest BCUT2D eigenvalue weighted by Gasteiger charge is -2.19. The molecule has 0 aromatic carbocycles. The number of rotatable bonds is 4. The van der Waals surface area contributed by atoms with Crippen molar-refractivity contribution in [1.29, 1.82) is 0 Å². The molecule has 1 aliphatic carbocycles. The van der Waals surface area contributed by atoms with Gasteiger partial charge in [0.25, 0.3) is 0 Å². The Morgan fingerprint density at radius 1 is 1.53 bits per heavy atom. The van der Waals surface area contributed by atoms with Crippen LogP contribution in [0.2, 0.25) is 0 Å². The highest BCUT2D eigenvalue weighted by atomic mass is 16.5. The van der Waals surface area contributed by atoms with E-state index in [0.717, 1.165) is 25.0 Å². The molecular formula is C12H18N4O3. The van der Waals surface area contributed by atoms with Gasteiger partial charge in [-0.3, -0.25) is 9.48 Å². The molecule has 19 heavy (non-hydrogen) atoms. The Bertz CT molecular complexity index is 509. The first-order valence-corrected chi connectivity index (χ1v) is 6.35.